The molecule has 1 atom stereocenters. The fourth-order valence-corrected chi connectivity index (χ4v) is 3.84. The van der Waals surface area contributed by atoms with Crippen molar-refractivity contribution in [3.63, 3.8) is 0 Å². The van der Waals surface area contributed by atoms with Gasteiger partial charge in [-0.2, -0.15) is 5.10 Å². The fraction of sp³-hybridized carbons (Fsp3) is 0.800. The molecule has 2 aliphatic rings. The van der Waals surface area contributed by atoms with Crippen LogP contribution in [0.2, 0.25) is 0 Å². The summed E-state index contributed by atoms with van der Waals surface area (Å²) in [4.78, 5) is 5.18. The Balaban J connectivity index is 1.73. The number of aromatic nitrogens is 2. The standard InChI is InChI=1S/C15H27N5/c1-12-14(10-16)15(18(2)17-12)20-9-6-13(11-20)19-7-4-3-5-8-19/h13H,3-11,16H2,1-2H3. The van der Waals surface area contributed by atoms with E-state index in [1.165, 1.54) is 50.2 Å². The van der Waals surface area contributed by atoms with Crippen molar-refractivity contribution < 1.29 is 0 Å². The fourth-order valence-electron chi connectivity index (χ4n) is 3.84. The van der Waals surface area contributed by atoms with Crippen LogP contribution in [-0.4, -0.2) is 46.9 Å². The highest BCUT2D eigenvalue weighted by Crippen LogP contribution is 2.28. The SMILES string of the molecule is Cc1nn(C)c(N2CCC(N3CCCCC3)C2)c1CN. The highest BCUT2D eigenvalue weighted by atomic mass is 15.4. The lowest BCUT2D eigenvalue weighted by Crippen LogP contribution is -2.41. The molecule has 0 saturated carbocycles. The van der Waals surface area contributed by atoms with Gasteiger partial charge in [0.2, 0.25) is 0 Å². The van der Waals surface area contributed by atoms with E-state index in [1.807, 2.05) is 11.7 Å². The minimum absolute atomic E-state index is 0.583. The van der Waals surface area contributed by atoms with Gasteiger partial charge in [-0.15, -0.1) is 0 Å². The van der Waals surface area contributed by atoms with Crippen LogP contribution in [0.5, 0.6) is 0 Å². The van der Waals surface area contributed by atoms with E-state index in [4.69, 9.17) is 5.73 Å². The van der Waals surface area contributed by atoms with Crippen molar-refractivity contribution in [2.24, 2.45) is 12.8 Å². The molecular weight excluding hydrogens is 250 g/mol. The number of anilines is 1. The third-order valence-electron chi connectivity index (χ3n) is 4.89. The maximum Gasteiger partial charge on any atom is 0.131 e. The van der Waals surface area contributed by atoms with Crippen molar-refractivity contribution in [1.29, 1.82) is 0 Å². The first kappa shape index (κ1) is 13.9. The first-order chi connectivity index (χ1) is 9.70. The molecule has 2 N–H and O–H groups in total. The Morgan fingerprint density at radius 2 is 1.95 bits per heavy atom. The summed E-state index contributed by atoms with van der Waals surface area (Å²) in [5, 5.41) is 4.55. The summed E-state index contributed by atoms with van der Waals surface area (Å²) in [6.07, 6.45) is 5.42. The smallest absolute Gasteiger partial charge is 0.131 e. The Kier molecular flexibility index (Phi) is 3.98. The highest BCUT2D eigenvalue weighted by molar-refractivity contribution is 5.51. The number of likely N-dealkylation sites (tertiary alicyclic amines) is 1. The molecule has 5 heteroatoms. The van der Waals surface area contributed by atoms with E-state index in [0.717, 1.165) is 24.8 Å². The second-order valence-electron chi connectivity index (χ2n) is 6.20. The largest absolute Gasteiger partial charge is 0.355 e. The number of hydrogen-bond donors (Lipinski definition) is 1. The minimum Gasteiger partial charge on any atom is -0.355 e. The van der Waals surface area contributed by atoms with Crippen molar-refractivity contribution in [3.8, 4) is 0 Å². The maximum absolute atomic E-state index is 5.92. The average molecular weight is 277 g/mol. The maximum atomic E-state index is 5.92. The molecule has 0 radical (unpaired) electrons. The number of aryl methyl sites for hydroxylation is 2. The number of rotatable bonds is 3. The molecule has 5 nitrogen and oxygen atoms in total. The van der Waals surface area contributed by atoms with Crippen LogP contribution in [0.1, 0.15) is 36.9 Å². The van der Waals surface area contributed by atoms with Crippen LogP contribution in [0, 0.1) is 6.92 Å². The third kappa shape index (κ3) is 2.44. The molecule has 20 heavy (non-hydrogen) atoms. The zero-order valence-electron chi connectivity index (χ0n) is 12.8. The quantitative estimate of drug-likeness (QED) is 0.903. The van der Waals surface area contributed by atoms with Crippen molar-refractivity contribution in [2.75, 3.05) is 31.1 Å². The second-order valence-corrected chi connectivity index (χ2v) is 6.20. The minimum atomic E-state index is 0.583. The van der Waals surface area contributed by atoms with Gasteiger partial charge in [0.05, 0.1) is 5.69 Å². The van der Waals surface area contributed by atoms with Gasteiger partial charge in [-0.1, -0.05) is 6.42 Å². The Hall–Kier alpha value is -1.07. The van der Waals surface area contributed by atoms with Gasteiger partial charge >= 0.3 is 0 Å². The molecular formula is C15H27N5. The summed E-state index contributed by atoms with van der Waals surface area (Å²) >= 11 is 0. The van der Waals surface area contributed by atoms with Crippen LogP contribution in [0.15, 0.2) is 0 Å². The molecule has 1 aromatic heterocycles. The lowest BCUT2D eigenvalue weighted by atomic mass is 10.1. The highest BCUT2D eigenvalue weighted by Gasteiger charge is 2.31. The summed E-state index contributed by atoms with van der Waals surface area (Å²) in [5.41, 5.74) is 8.21. The Morgan fingerprint density at radius 3 is 2.65 bits per heavy atom. The molecule has 1 unspecified atom stereocenters. The van der Waals surface area contributed by atoms with E-state index in [0.29, 0.717) is 6.54 Å². The van der Waals surface area contributed by atoms with Gasteiger partial charge < -0.3 is 10.6 Å². The van der Waals surface area contributed by atoms with E-state index in [2.05, 4.69) is 21.8 Å². The van der Waals surface area contributed by atoms with Gasteiger partial charge in [0.15, 0.2) is 0 Å². The van der Waals surface area contributed by atoms with Gasteiger partial charge in [0.1, 0.15) is 5.82 Å². The zero-order valence-corrected chi connectivity index (χ0v) is 12.8. The Morgan fingerprint density at radius 1 is 1.20 bits per heavy atom. The van der Waals surface area contributed by atoms with E-state index >= 15 is 0 Å². The average Bonchev–Trinajstić information content (AvgIpc) is 3.03. The van der Waals surface area contributed by atoms with Gasteiger partial charge in [-0.05, 0) is 39.3 Å². The van der Waals surface area contributed by atoms with Crippen molar-refractivity contribution in [3.05, 3.63) is 11.3 Å². The summed E-state index contributed by atoms with van der Waals surface area (Å²) in [7, 11) is 2.04. The molecule has 0 aromatic carbocycles. The van der Waals surface area contributed by atoms with Crippen LogP contribution < -0.4 is 10.6 Å². The van der Waals surface area contributed by atoms with E-state index in [-0.39, 0.29) is 0 Å². The molecule has 0 amide bonds. The van der Waals surface area contributed by atoms with Gasteiger partial charge in [-0.3, -0.25) is 9.58 Å². The molecule has 0 spiro atoms. The van der Waals surface area contributed by atoms with Gasteiger partial charge in [0.25, 0.3) is 0 Å². The van der Waals surface area contributed by atoms with Crippen molar-refractivity contribution in [2.45, 2.75) is 45.2 Å². The summed E-state index contributed by atoms with van der Waals surface area (Å²) < 4.78 is 2.01. The van der Waals surface area contributed by atoms with Crippen LogP contribution in [0.4, 0.5) is 5.82 Å². The molecule has 3 heterocycles. The lowest BCUT2D eigenvalue weighted by molar-refractivity contribution is 0.174. The number of nitrogens with two attached hydrogens (primary N) is 1. The predicted molar refractivity (Wildman–Crippen MR) is 81.9 cm³/mol. The monoisotopic (exact) mass is 277 g/mol. The molecule has 2 aliphatic heterocycles. The number of hydrogen-bond acceptors (Lipinski definition) is 4. The van der Waals surface area contributed by atoms with Crippen LogP contribution in [0.25, 0.3) is 0 Å². The molecule has 1 aromatic rings. The van der Waals surface area contributed by atoms with Gasteiger partial charge in [0, 0.05) is 38.3 Å². The third-order valence-corrected chi connectivity index (χ3v) is 4.89. The van der Waals surface area contributed by atoms with Gasteiger partial charge in [-0.25, -0.2) is 0 Å². The van der Waals surface area contributed by atoms with E-state index in [1.54, 1.807) is 0 Å². The zero-order chi connectivity index (χ0) is 14.1. The van der Waals surface area contributed by atoms with Crippen molar-refractivity contribution >= 4 is 5.82 Å². The predicted octanol–water partition coefficient (Wildman–Crippen LogP) is 1.25. The topological polar surface area (TPSA) is 50.3 Å². The summed E-state index contributed by atoms with van der Waals surface area (Å²) in [6, 6.07) is 0.719. The van der Waals surface area contributed by atoms with Crippen LogP contribution in [0.3, 0.4) is 0 Å². The molecule has 0 aliphatic carbocycles. The molecule has 0 bridgehead atoms. The normalized spacial score (nSPS) is 24.6. The summed E-state index contributed by atoms with van der Waals surface area (Å²) in [5.74, 6) is 1.24. The van der Waals surface area contributed by atoms with E-state index < -0.39 is 0 Å². The van der Waals surface area contributed by atoms with Crippen LogP contribution >= 0.6 is 0 Å². The Bertz CT molecular complexity index is 461. The molecule has 2 fully saturated rings. The van der Waals surface area contributed by atoms with Crippen molar-refractivity contribution in [1.82, 2.24) is 14.7 Å². The number of nitrogens with zero attached hydrogens (tertiary/aromatic N) is 4. The Labute approximate surface area is 121 Å². The first-order valence-electron chi connectivity index (χ1n) is 7.92. The second kappa shape index (κ2) is 5.74. The molecule has 2 saturated heterocycles. The molecule has 3 rings (SSSR count). The number of piperidine rings is 1. The van der Waals surface area contributed by atoms with Crippen LogP contribution in [-0.2, 0) is 13.6 Å². The lowest BCUT2D eigenvalue weighted by Gasteiger charge is -2.32. The first-order valence-corrected chi connectivity index (χ1v) is 7.92. The van der Waals surface area contributed by atoms with E-state index in [9.17, 15) is 0 Å². The summed E-state index contributed by atoms with van der Waals surface area (Å²) in [6.45, 7) is 7.47. The molecule has 112 valence electrons.